The van der Waals surface area contributed by atoms with E-state index in [0.29, 0.717) is 0 Å². The summed E-state index contributed by atoms with van der Waals surface area (Å²) in [5.41, 5.74) is 0. The second kappa shape index (κ2) is 14.8. The molecule has 0 aromatic heterocycles. The van der Waals surface area contributed by atoms with Gasteiger partial charge in [0.25, 0.3) is 0 Å². The Labute approximate surface area is 197 Å². The predicted octanol–water partition coefficient (Wildman–Crippen LogP) is 9.25. The Bertz CT molecular complexity index is 539. The number of hydrogen-bond acceptors (Lipinski definition) is 8. The van der Waals surface area contributed by atoms with E-state index in [9.17, 15) is 0 Å². The first-order chi connectivity index (χ1) is 13.7. The zero-order valence-electron chi connectivity index (χ0n) is 17.3. The molecule has 2 heterocycles. The molecule has 0 unspecified atom stereocenters. The summed E-state index contributed by atoms with van der Waals surface area (Å²) in [4.78, 5) is 0. The molecule has 0 atom stereocenters. The lowest BCUT2D eigenvalue weighted by molar-refractivity contribution is 0.184. The standard InChI is InChI=1S/C20H32O2S6/c1-5-7-9-11-13-21-15-16(22-14-12-10-8-6-2)26-19(25-15)20-27-17(23-3)18(24-4)28-20/h5-14H2,1-4H3. The molecule has 0 bridgehead atoms. The monoisotopic (exact) mass is 496 g/mol. The van der Waals surface area contributed by atoms with E-state index in [-0.39, 0.29) is 0 Å². The summed E-state index contributed by atoms with van der Waals surface area (Å²) in [5, 5.41) is 1.95. The van der Waals surface area contributed by atoms with Crippen molar-refractivity contribution < 1.29 is 9.47 Å². The fourth-order valence-corrected chi connectivity index (χ4v) is 10.1. The second-order valence-electron chi connectivity index (χ2n) is 6.36. The molecule has 2 rings (SSSR count). The highest BCUT2D eigenvalue weighted by Gasteiger charge is 2.31. The van der Waals surface area contributed by atoms with Crippen LogP contribution in [-0.4, -0.2) is 25.7 Å². The molecule has 2 aliphatic rings. The quantitative estimate of drug-likeness (QED) is 0.219. The molecule has 0 aromatic carbocycles. The van der Waals surface area contributed by atoms with E-state index in [1.54, 1.807) is 23.5 Å². The number of rotatable bonds is 14. The SMILES string of the molecule is CCCCCCOC1=C(OCCCCCC)SC(=C2SC(SC)=C(SC)S2)S1. The van der Waals surface area contributed by atoms with Crippen molar-refractivity contribution in [1.29, 1.82) is 0 Å². The molecule has 0 fully saturated rings. The zero-order chi connectivity index (χ0) is 20.2. The van der Waals surface area contributed by atoms with Gasteiger partial charge in [-0.2, -0.15) is 0 Å². The molecule has 0 saturated heterocycles. The normalized spacial score (nSPS) is 17.3. The molecule has 0 N–H and O–H groups in total. The van der Waals surface area contributed by atoms with Gasteiger partial charge in [-0.15, -0.1) is 23.5 Å². The zero-order valence-corrected chi connectivity index (χ0v) is 22.2. The third kappa shape index (κ3) is 8.22. The van der Waals surface area contributed by atoms with Gasteiger partial charge in [0.15, 0.2) is 0 Å². The first-order valence-corrected chi connectivity index (χ1v) is 15.7. The van der Waals surface area contributed by atoms with E-state index in [1.807, 2.05) is 47.0 Å². The van der Waals surface area contributed by atoms with Gasteiger partial charge in [0.2, 0.25) is 10.2 Å². The smallest absolute Gasteiger partial charge is 0.208 e. The highest BCUT2D eigenvalue weighted by Crippen LogP contribution is 2.63. The lowest BCUT2D eigenvalue weighted by atomic mass is 10.2. The lowest BCUT2D eigenvalue weighted by Crippen LogP contribution is -1.97. The molecule has 2 nitrogen and oxygen atoms in total. The van der Waals surface area contributed by atoms with Crippen LogP contribution in [0, 0.1) is 0 Å². The Kier molecular flexibility index (Phi) is 13.4. The summed E-state index contributed by atoms with van der Waals surface area (Å²) < 4.78 is 17.8. The van der Waals surface area contributed by atoms with Crippen molar-refractivity contribution in [2.75, 3.05) is 25.7 Å². The first-order valence-electron chi connectivity index (χ1n) is 10.0. The van der Waals surface area contributed by atoms with Crippen LogP contribution in [0.4, 0.5) is 0 Å². The summed E-state index contributed by atoms with van der Waals surface area (Å²) in [6.45, 7) is 6.07. The molecule has 2 aliphatic heterocycles. The number of unbranched alkanes of at least 4 members (excludes halogenated alkanes) is 6. The minimum Gasteiger partial charge on any atom is -0.483 e. The minimum absolute atomic E-state index is 0.791. The van der Waals surface area contributed by atoms with Gasteiger partial charge in [0.1, 0.15) is 0 Å². The number of hydrogen-bond donors (Lipinski definition) is 0. The molecule has 0 saturated carbocycles. The van der Waals surface area contributed by atoms with E-state index < -0.39 is 0 Å². The predicted molar refractivity (Wildman–Crippen MR) is 139 cm³/mol. The average Bonchev–Trinajstić information content (AvgIpc) is 3.31. The lowest BCUT2D eigenvalue weighted by Gasteiger charge is -2.09. The van der Waals surface area contributed by atoms with Crippen LogP contribution in [0.1, 0.15) is 65.2 Å². The third-order valence-corrected chi connectivity index (χ3v) is 12.2. The highest BCUT2D eigenvalue weighted by atomic mass is 32.3. The van der Waals surface area contributed by atoms with Crippen LogP contribution in [-0.2, 0) is 9.47 Å². The van der Waals surface area contributed by atoms with Crippen molar-refractivity contribution in [1.82, 2.24) is 0 Å². The van der Waals surface area contributed by atoms with E-state index >= 15 is 0 Å². The Balaban J connectivity index is 1.95. The van der Waals surface area contributed by atoms with Gasteiger partial charge in [0.05, 0.1) is 30.2 Å². The third-order valence-electron chi connectivity index (χ3n) is 4.07. The van der Waals surface area contributed by atoms with Gasteiger partial charge in [-0.1, -0.05) is 75.9 Å². The first kappa shape index (κ1) is 25.2. The van der Waals surface area contributed by atoms with E-state index in [1.165, 1.54) is 55.5 Å². The van der Waals surface area contributed by atoms with Crippen LogP contribution in [0.3, 0.4) is 0 Å². The average molecular weight is 497 g/mol. The Morgan fingerprint density at radius 3 is 1.43 bits per heavy atom. The van der Waals surface area contributed by atoms with Crippen LogP contribution in [0.15, 0.2) is 27.1 Å². The topological polar surface area (TPSA) is 18.5 Å². The molecule has 8 heteroatoms. The molecule has 0 aliphatic carbocycles. The Morgan fingerprint density at radius 1 is 0.607 bits per heavy atom. The molecule has 160 valence electrons. The van der Waals surface area contributed by atoms with Crippen molar-refractivity contribution in [3.05, 3.63) is 27.1 Å². The van der Waals surface area contributed by atoms with Crippen LogP contribution in [0.25, 0.3) is 0 Å². The molecular formula is C20H32O2S6. The van der Waals surface area contributed by atoms with Crippen molar-refractivity contribution in [2.45, 2.75) is 65.2 Å². The highest BCUT2D eigenvalue weighted by molar-refractivity contribution is 8.42. The molecule has 0 spiro atoms. The maximum atomic E-state index is 6.16. The summed E-state index contributed by atoms with van der Waals surface area (Å²) in [5.74, 6) is 0. The Morgan fingerprint density at radius 2 is 1.04 bits per heavy atom. The van der Waals surface area contributed by atoms with Crippen molar-refractivity contribution in [3.8, 4) is 0 Å². The summed E-state index contributed by atoms with van der Waals surface area (Å²) in [6, 6.07) is 0. The molecule has 0 aromatic rings. The van der Waals surface area contributed by atoms with Gasteiger partial charge in [-0.05, 0) is 48.9 Å². The van der Waals surface area contributed by atoms with Gasteiger partial charge in [0, 0.05) is 0 Å². The maximum absolute atomic E-state index is 6.16. The van der Waals surface area contributed by atoms with Gasteiger partial charge < -0.3 is 9.47 Å². The van der Waals surface area contributed by atoms with Crippen molar-refractivity contribution in [2.24, 2.45) is 0 Å². The minimum atomic E-state index is 0.791. The van der Waals surface area contributed by atoms with E-state index in [2.05, 4.69) is 26.4 Å². The molecule has 0 radical (unpaired) electrons. The Hall–Kier alpha value is 0.920. The van der Waals surface area contributed by atoms with E-state index in [0.717, 1.165) is 36.2 Å². The van der Waals surface area contributed by atoms with E-state index in [4.69, 9.17) is 9.47 Å². The van der Waals surface area contributed by atoms with Crippen LogP contribution in [0.5, 0.6) is 0 Å². The summed E-state index contributed by atoms with van der Waals surface area (Å²) in [6.07, 6.45) is 14.1. The molecule has 0 amide bonds. The fraction of sp³-hybridized carbons (Fsp3) is 0.700. The fourth-order valence-electron chi connectivity index (χ4n) is 2.53. The van der Waals surface area contributed by atoms with Crippen molar-refractivity contribution in [3.63, 3.8) is 0 Å². The van der Waals surface area contributed by atoms with Crippen LogP contribution >= 0.6 is 70.6 Å². The molecular weight excluding hydrogens is 465 g/mol. The summed E-state index contributed by atoms with van der Waals surface area (Å²) in [7, 11) is 0. The van der Waals surface area contributed by atoms with Gasteiger partial charge >= 0.3 is 0 Å². The summed E-state index contributed by atoms with van der Waals surface area (Å²) >= 11 is 11.0. The molecule has 28 heavy (non-hydrogen) atoms. The van der Waals surface area contributed by atoms with Crippen LogP contribution < -0.4 is 0 Å². The second-order valence-corrected chi connectivity index (χ2v) is 13.0. The van der Waals surface area contributed by atoms with Gasteiger partial charge in [-0.25, -0.2) is 0 Å². The number of ether oxygens (including phenoxy) is 2. The maximum Gasteiger partial charge on any atom is 0.208 e. The van der Waals surface area contributed by atoms with Crippen LogP contribution in [0.2, 0.25) is 0 Å². The van der Waals surface area contributed by atoms with Crippen molar-refractivity contribution >= 4 is 70.6 Å². The number of thioether (sulfide) groups is 6. The van der Waals surface area contributed by atoms with Gasteiger partial charge in [-0.3, -0.25) is 0 Å². The largest absolute Gasteiger partial charge is 0.483 e.